The molecule has 2 aromatic rings. The fourth-order valence-corrected chi connectivity index (χ4v) is 1.91. The fourth-order valence-electron chi connectivity index (χ4n) is 1.91. The van der Waals surface area contributed by atoms with Crippen molar-refractivity contribution in [2.24, 2.45) is 0 Å². The second kappa shape index (κ2) is 4.62. The molecule has 1 heterocycles. The summed E-state index contributed by atoms with van der Waals surface area (Å²) in [4.78, 5) is 20.5. The van der Waals surface area contributed by atoms with Gasteiger partial charge in [-0.15, -0.1) is 0 Å². The molecule has 88 valence electrons. The zero-order chi connectivity index (χ0) is 12.4. The highest BCUT2D eigenvalue weighted by atomic mass is 16.1. The van der Waals surface area contributed by atoms with Gasteiger partial charge in [-0.1, -0.05) is 13.8 Å². The van der Waals surface area contributed by atoms with E-state index >= 15 is 0 Å². The van der Waals surface area contributed by atoms with Crippen LogP contribution in [0.5, 0.6) is 0 Å². The van der Waals surface area contributed by atoms with Gasteiger partial charge < -0.3 is 0 Å². The summed E-state index contributed by atoms with van der Waals surface area (Å²) in [6, 6.07) is 5.51. The molecule has 3 heteroatoms. The van der Waals surface area contributed by atoms with E-state index in [9.17, 15) is 4.79 Å². The van der Waals surface area contributed by atoms with E-state index in [0.717, 1.165) is 35.3 Å². The summed E-state index contributed by atoms with van der Waals surface area (Å²) in [6.07, 6.45) is 1.76. The van der Waals surface area contributed by atoms with Crippen LogP contribution in [0.1, 0.15) is 42.5 Å². The van der Waals surface area contributed by atoms with Crippen LogP contribution in [-0.2, 0) is 12.8 Å². The van der Waals surface area contributed by atoms with E-state index in [-0.39, 0.29) is 5.78 Å². The predicted molar refractivity (Wildman–Crippen MR) is 68.3 cm³/mol. The lowest BCUT2D eigenvalue weighted by Crippen LogP contribution is -2.01. The van der Waals surface area contributed by atoms with Crippen molar-refractivity contribution >= 4 is 16.8 Å². The van der Waals surface area contributed by atoms with Crippen LogP contribution in [-0.4, -0.2) is 15.8 Å². The Hall–Kier alpha value is -1.77. The molecule has 0 radical (unpaired) electrons. The first-order valence-electron chi connectivity index (χ1n) is 5.96. The molecule has 0 fully saturated rings. The second-order valence-electron chi connectivity index (χ2n) is 4.08. The number of aromatic nitrogens is 2. The zero-order valence-corrected chi connectivity index (χ0v) is 10.4. The summed E-state index contributed by atoms with van der Waals surface area (Å²) in [6.45, 7) is 5.72. The molecule has 1 aromatic heterocycles. The van der Waals surface area contributed by atoms with Gasteiger partial charge in [0.25, 0.3) is 0 Å². The van der Waals surface area contributed by atoms with E-state index in [1.54, 1.807) is 6.92 Å². The Morgan fingerprint density at radius 2 is 1.65 bits per heavy atom. The molecule has 0 aliphatic carbocycles. The molecule has 3 nitrogen and oxygen atoms in total. The molecular formula is C14H16N2O. The lowest BCUT2D eigenvalue weighted by atomic mass is 10.1. The molecule has 0 atom stereocenters. The molecule has 0 unspecified atom stereocenters. The van der Waals surface area contributed by atoms with Gasteiger partial charge in [0.2, 0.25) is 0 Å². The number of benzene rings is 1. The predicted octanol–water partition coefficient (Wildman–Crippen LogP) is 2.96. The van der Waals surface area contributed by atoms with E-state index in [1.807, 2.05) is 18.2 Å². The second-order valence-corrected chi connectivity index (χ2v) is 4.08. The van der Waals surface area contributed by atoms with Gasteiger partial charge in [-0.2, -0.15) is 0 Å². The van der Waals surface area contributed by atoms with Gasteiger partial charge in [0.1, 0.15) is 0 Å². The molecule has 0 N–H and O–H groups in total. The molecule has 17 heavy (non-hydrogen) atoms. The summed E-state index contributed by atoms with van der Waals surface area (Å²) in [5.74, 6) is 0.0614. The fraction of sp³-hybridized carbons (Fsp3) is 0.357. The van der Waals surface area contributed by atoms with Crippen molar-refractivity contribution in [1.82, 2.24) is 9.97 Å². The topological polar surface area (TPSA) is 42.9 Å². The van der Waals surface area contributed by atoms with Gasteiger partial charge in [-0.25, -0.2) is 9.97 Å². The van der Waals surface area contributed by atoms with Crippen LogP contribution in [0.4, 0.5) is 0 Å². The Kier molecular flexibility index (Phi) is 3.18. The van der Waals surface area contributed by atoms with Gasteiger partial charge in [-0.3, -0.25) is 4.79 Å². The smallest absolute Gasteiger partial charge is 0.159 e. The van der Waals surface area contributed by atoms with Crippen LogP contribution in [0.3, 0.4) is 0 Å². The molecule has 0 aliphatic rings. The number of aryl methyl sites for hydroxylation is 2. The van der Waals surface area contributed by atoms with Crippen molar-refractivity contribution in [3.05, 3.63) is 35.2 Å². The molecule has 0 saturated heterocycles. The molecule has 1 aromatic carbocycles. The maximum absolute atomic E-state index is 11.3. The lowest BCUT2D eigenvalue weighted by molar-refractivity contribution is 0.101. The van der Waals surface area contributed by atoms with E-state index in [0.29, 0.717) is 5.56 Å². The summed E-state index contributed by atoms with van der Waals surface area (Å²) >= 11 is 0. The van der Waals surface area contributed by atoms with Gasteiger partial charge in [0.05, 0.1) is 22.4 Å². The van der Waals surface area contributed by atoms with Crippen LogP contribution < -0.4 is 0 Å². The number of nitrogens with zero attached hydrogens (tertiary/aromatic N) is 2. The van der Waals surface area contributed by atoms with Crippen LogP contribution in [0.15, 0.2) is 18.2 Å². The van der Waals surface area contributed by atoms with Crippen LogP contribution in [0, 0.1) is 0 Å². The number of fused-ring (bicyclic) bond motifs is 1. The molecule has 0 spiro atoms. The van der Waals surface area contributed by atoms with E-state index in [2.05, 4.69) is 23.8 Å². The van der Waals surface area contributed by atoms with Crippen LogP contribution in [0.25, 0.3) is 11.0 Å². The first-order valence-corrected chi connectivity index (χ1v) is 5.96. The molecule has 0 aliphatic heterocycles. The maximum atomic E-state index is 11.3. The lowest BCUT2D eigenvalue weighted by Gasteiger charge is -2.07. The Bertz CT molecular complexity index is 576. The van der Waals surface area contributed by atoms with Crippen molar-refractivity contribution in [1.29, 1.82) is 0 Å². The molecule has 0 amide bonds. The van der Waals surface area contributed by atoms with Gasteiger partial charge in [0, 0.05) is 5.56 Å². The third-order valence-corrected chi connectivity index (χ3v) is 2.90. The molecule has 0 saturated carbocycles. The summed E-state index contributed by atoms with van der Waals surface area (Å²) in [5, 5.41) is 0. The SMILES string of the molecule is CCc1nc2ccc(C(C)=O)cc2nc1CC. The third-order valence-electron chi connectivity index (χ3n) is 2.90. The van der Waals surface area contributed by atoms with Crippen molar-refractivity contribution in [2.75, 3.05) is 0 Å². The zero-order valence-electron chi connectivity index (χ0n) is 10.4. The summed E-state index contributed by atoms with van der Waals surface area (Å²) < 4.78 is 0. The monoisotopic (exact) mass is 228 g/mol. The van der Waals surface area contributed by atoms with Crippen LogP contribution >= 0.6 is 0 Å². The first-order chi connectivity index (χ1) is 8.15. The first kappa shape index (κ1) is 11.7. The van der Waals surface area contributed by atoms with Crippen molar-refractivity contribution in [3.63, 3.8) is 0 Å². The Morgan fingerprint density at radius 3 is 2.18 bits per heavy atom. The minimum Gasteiger partial charge on any atom is -0.295 e. The Labute approximate surface area is 101 Å². The highest BCUT2D eigenvalue weighted by molar-refractivity contribution is 5.97. The third kappa shape index (κ3) is 2.18. The highest BCUT2D eigenvalue weighted by Gasteiger charge is 2.07. The number of ketones is 1. The van der Waals surface area contributed by atoms with Crippen LogP contribution in [0.2, 0.25) is 0 Å². The quantitative estimate of drug-likeness (QED) is 0.758. The standard InChI is InChI=1S/C14H16N2O/c1-4-11-12(5-2)16-14-8-10(9(3)17)6-7-13(14)15-11/h6-8H,4-5H2,1-3H3. The number of hydrogen-bond donors (Lipinski definition) is 0. The summed E-state index contributed by atoms with van der Waals surface area (Å²) in [5.41, 5.74) is 4.45. The van der Waals surface area contributed by atoms with Gasteiger partial charge in [-0.05, 0) is 38.0 Å². The van der Waals surface area contributed by atoms with E-state index in [1.165, 1.54) is 0 Å². The van der Waals surface area contributed by atoms with Crippen molar-refractivity contribution in [2.45, 2.75) is 33.6 Å². The number of hydrogen-bond acceptors (Lipinski definition) is 3. The minimum atomic E-state index is 0.0614. The van der Waals surface area contributed by atoms with Gasteiger partial charge >= 0.3 is 0 Å². The maximum Gasteiger partial charge on any atom is 0.159 e. The largest absolute Gasteiger partial charge is 0.295 e. The molecule has 2 rings (SSSR count). The average Bonchev–Trinajstić information content (AvgIpc) is 2.36. The Balaban J connectivity index is 2.66. The minimum absolute atomic E-state index is 0.0614. The van der Waals surface area contributed by atoms with Crippen molar-refractivity contribution in [3.8, 4) is 0 Å². The average molecular weight is 228 g/mol. The molecule has 0 bridgehead atoms. The molecular weight excluding hydrogens is 212 g/mol. The van der Waals surface area contributed by atoms with E-state index < -0.39 is 0 Å². The Morgan fingerprint density at radius 1 is 1.06 bits per heavy atom. The number of carbonyl (C=O) groups is 1. The van der Waals surface area contributed by atoms with E-state index in [4.69, 9.17) is 0 Å². The van der Waals surface area contributed by atoms with Crippen molar-refractivity contribution < 1.29 is 4.79 Å². The number of Topliss-reactive ketones (excluding diaryl/α,β-unsaturated/α-hetero) is 1. The van der Waals surface area contributed by atoms with Gasteiger partial charge in [0.15, 0.2) is 5.78 Å². The summed E-state index contributed by atoms with van der Waals surface area (Å²) in [7, 11) is 0. The normalized spacial score (nSPS) is 10.8. The number of rotatable bonds is 3. The number of carbonyl (C=O) groups excluding carboxylic acids is 1. The highest BCUT2D eigenvalue weighted by Crippen LogP contribution is 2.16.